The summed E-state index contributed by atoms with van der Waals surface area (Å²) < 4.78 is 8.65. The average Bonchev–Trinajstić information content (AvgIpc) is 2.99. The summed E-state index contributed by atoms with van der Waals surface area (Å²) in [6.45, 7) is 2.12. The zero-order valence-corrected chi connectivity index (χ0v) is 14.9. The molecule has 0 radical (unpaired) electrons. The van der Waals surface area contributed by atoms with Crippen LogP contribution in [0.15, 0.2) is 54.9 Å². The standard InChI is InChI=1S/C10H13N2.C9H11N2.CH4.H2O/c1-8-11(2)9-6-4-5-7-10(9)12(8)3;1-10-7-11(2)9-6-4-3-5-8(9)10;;/h4-7H,1-3H3;3-7H,1-2H3;1H4;1H2/q2*+1;;/p-1. The normalized spacial score (nSPS) is 9.96. The second kappa shape index (κ2) is 7.94. The number of benzene rings is 2. The highest BCUT2D eigenvalue weighted by Gasteiger charge is 2.13. The van der Waals surface area contributed by atoms with Crippen LogP contribution in [0.3, 0.4) is 0 Å². The number of rotatable bonds is 0. The molecule has 0 aliphatic heterocycles. The van der Waals surface area contributed by atoms with Crippen molar-refractivity contribution in [1.29, 1.82) is 0 Å². The maximum atomic E-state index is 2.20. The molecule has 4 rings (SSSR count). The zero-order chi connectivity index (χ0) is 16.6. The number of imidazole rings is 2. The van der Waals surface area contributed by atoms with Gasteiger partial charge in [0.2, 0.25) is 6.33 Å². The molecule has 0 aliphatic rings. The molecule has 2 heterocycles. The summed E-state index contributed by atoms with van der Waals surface area (Å²) in [6.07, 6.45) is 2.07. The van der Waals surface area contributed by atoms with Crippen molar-refractivity contribution in [2.24, 2.45) is 28.2 Å². The third kappa shape index (κ3) is 3.56. The van der Waals surface area contributed by atoms with E-state index in [4.69, 9.17) is 0 Å². The van der Waals surface area contributed by atoms with E-state index in [2.05, 4.69) is 108 Å². The number of hydrogen-bond donors (Lipinski definition) is 0. The third-order valence-corrected chi connectivity index (χ3v) is 4.56. The Morgan fingerprint density at radius 3 is 1.88 bits per heavy atom. The van der Waals surface area contributed by atoms with Gasteiger partial charge in [-0.2, -0.15) is 0 Å². The molecule has 0 saturated carbocycles. The van der Waals surface area contributed by atoms with E-state index in [1.54, 1.807) is 0 Å². The molecule has 0 aliphatic carbocycles. The number of nitrogens with zero attached hydrogens (tertiary/aromatic N) is 4. The van der Waals surface area contributed by atoms with Crippen LogP contribution in [0.4, 0.5) is 0 Å². The van der Waals surface area contributed by atoms with Gasteiger partial charge in [0.1, 0.15) is 0 Å². The molecule has 0 atom stereocenters. The molecule has 2 aromatic carbocycles. The number of aromatic nitrogens is 4. The molecule has 134 valence electrons. The molecule has 25 heavy (non-hydrogen) atoms. The molecular weight excluding hydrogens is 312 g/mol. The summed E-state index contributed by atoms with van der Waals surface area (Å²) in [7, 11) is 8.31. The number of hydrogen-bond acceptors (Lipinski definition) is 1. The minimum absolute atomic E-state index is 0. The van der Waals surface area contributed by atoms with Crippen LogP contribution in [0.5, 0.6) is 0 Å². The highest BCUT2D eigenvalue weighted by molar-refractivity contribution is 5.72. The van der Waals surface area contributed by atoms with Gasteiger partial charge in [0.25, 0.3) is 5.82 Å². The number of fused-ring (bicyclic) bond motifs is 2. The molecule has 0 unspecified atom stereocenters. The molecule has 1 N–H and O–H groups in total. The highest BCUT2D eigenvalue weighted by atomic mass is 16.0. The molecule has 4 aromatic rings. The Hall–Kier alpha value is -2.66. The van der Waals surface area contributed by atoms with Crippen molar-refractivity contribution in [1.82, 2.24) is 9.13 Å². The van der Waals surface area contributed by atoms with Crippen molar-refractivity contribution in [3.05, 3.63) is 60.7 Å². The van der Waals surface area contributed by atoms with E-state index < -0.39 is 0 Å². The monoisotopic (exact) mass is 341 g/mol. The van der Waals surface area contributed by atoms with Gasteiger partial charge in [0.05, 0.1) is 28.2 Å². The maximum absolute atomic E-state index is 2.20. The van der Waals surface area contributed by atoms with E-state index in [0.29, 0.717) is 0 Å². The first-order valence-electron chi connectivity index (χ1n) is 7.80. The first kappa shape index (κ1) is 20.4. The lowest BCUT2D eigenvalue weighted by atomic mass is 10.3. The van der Waals surface area contributed by atoms with Gasteiger partial charge in [-0.05, 0) is 24.3 Å². The zero-order valence-electron chi connectivity index (χ0n) is 14.9. The molecule has 0 spiro atoms. The molecule has 0 fully saturated rings. The smallest absolute Gasteiger partial charge is 0.253 e. The highest BCUT2D eigenvalue weighted by Crippen LogP contribution is 2.10. The minimum atomic E-state index is 0. The molecular formula is C20H29N4O+. The Balaban J connectivity index is 0.000000232. The molecule has 0 saturated heterocycles. The summed E-state index contributed by atoms with van der Waals surface area (Å²) in [4.78, 5) is 0. The van der Waals surface area contributed by atoms with E-state index in [-0.39, 0.29) is 12.9 Å². The van der Waals surface area contributed by atoms with E-state index in [9.17, 15) is 0 Å². The van der Waals surface area contributed by atoms with Crippen LogP contribution < -0.4 is 9.13 Å². The van der Waals surface area contributed by atoms with Crippen LogP contribution in [0.1, 0.15) is 13.3 Å². The first-order valence-corrected chi connectivity index (χ1v) is 7.80. The van der Waals surface area contributed by atoms with E-state index in [1.807, 2.05) is 0 Å². The summed E-state index contributed by atoms with van der Waals surface area (Å²) in [5.74, 6) is 1.27. The summed E-state index contributed by atoms with van der Waals surface area (Å²) in [5, 5.41) is 0. The van der Waals surface area contributed by atoms with Crippen LogP contribution in [0.2, 0.25) is 0 Å². The van der Waals surface area contributed by atoms with Crippen LogP contribution in [-0.2, 0) is 28.2 Å². The van der Waals surface area contributed by atoms with Crippen LogP contribution >= 0.6 is 0 Å². The minimum Gasteiger partial charge on any atom is -0.870 e. The van der Waals surface area contributed by atoms with Crippen molar-refractivity contribution in [2.45, 2.75) is 14.4 Å². The lowest BCUT2D eigenvalue weighted by Gasteiger charge is -1.86. The Morgan fingerprint density at radius 2 is 1.32 bits per heavy atom. The molecule has 0 bridgehead atoms. The predicted molar refractivity (Wildman–Crippen MR) is 102 cm³/mol. The quantitative estimate of drug-likeness (QED) is 0.454. The van der Waals surface area contributed by atoms with Crippen molar-refractivity contribution in [3.63, 3.8) is 0 Å². The molecule has 2 aromatic heterocycles. The van der Waals surface area contributed by atoms with Crippen molar-refractivity contribution >= 4 is 22.1 Å². The average molecular weight is 341 g/mol. The Labute approximate surface area is 149 Å². The van der Waals surface area contributed by atoms with Crippen LogP contribution in [0, 0.1) is 6.92 Å². The molecule has 0 amide bonds. The largest absolute Gasteiger partial charge is 0.870 e. The van der Waals surface area contributed by atoms with E-state index in [1.165, 1.54) is 27.9 Å². The Bertz CT molecular complexity index is 907. The fourth-order valence-corrected chi connectivity index (χ4v) is 3.05. The van der Waals surface area contributed by atoms with Gasteiger partial charge in [0.15, 0.2) is 22.1 Å². The van der Waals surface area contributed by atoms with Gasteiger partial charge in [-0.1, -0.05) is 31.7 Å². The van der Waals surface area contributed by atoms with Gasteiger partial charge in [0, 0.05) is 6.92 Å². The molecule has 5 nitrogen and oxygen atoms in total. The van der Waals surface area contributed by atoms with Crippen LogP contribution in [0.25, 0.3) is 22.1 Å². The van der Waals surface area contributed by atoms with Crippen molar-refractivity contribution < 1.29 is 14.6 Å². The van der Waals surface area contributed by atoms with Gasteiger partial charge < -0.3 is 5.48 Å². The fourth-order valence-electron chi connectivity index (χ4n) is 3.05. The summed E-state index contributed by atoms with van der Waals surface area (Å²) in [6, 6.07) is 16.8. The summed E-state index contributed by atoms with van der Waals surface area (Å²) in [5.41, 5.74) is 5.13. The molecule has 5 heteroatoms. The van der Waals surface area contributed by atoms with Crippen molar-refractivity contribution in [2.75, 3.05) is 0 Å². The van der Waals surface area contributed by atoms with E-state index >= 15 is 0 Å². The lowest BCUT2D eigenvalue weighted by molar-refractivity contribution is -0.652. The van der Waals surface area contributed by atoms with Gasteiger partial charge in [-0.3, -0.25) is 0 Å². The fraction of sp³-hybridized carbons (Fsp3) is 0.300. The van der Waals surface area contributed by atoms with Gasteiger partial charge in [-0.25, -0.2) is 18.3 Å². The van der Waals surface area contributed by atoms with Gasteiger partial charge >= 0.3 is 0 Å². The lowest BCUT2D eigenvalue weighted by Crippen LogP contribution is -2.30. The number of para-hydroxylation sites is 4. The second-order valence-corrected chi connectivity index (χ2v) is 5.98. The summed E-state index contributed by atoms with van der Waals surface area (Å²) >= 11 is 0. The second-order valence-electron chi connectivity index (χ2n) is 5.98. The van der Waals surface area contributed by atoms with Crippen LogP contribution in [-0.4, -0.2) is 14.6 Å². The third-order valence-electron chi connectivity index (χ3n) is 4.56. The predicted octanol–water partition coefficient (Wildman–Crippen LogP) is 2.77. The maximum Gasteiger partial charge on any atom is 0.253 e. The Kier molecular flexibility index (Phi) is 6.48. The number of aryl methyl sites for hydroxylation is 4. The first-order chi connectivity index (χ1) is 11.0. The van der Waals surface area contributed by atoms with Gasteiger partial charge in [-0.15, -0.1) is 0 Å². The SMILES string of the molecule is C.Cc1n(C)c2ccccc2[n+]1C.Cn1c[n+](C)c2ccccc21.[OH-]. The van der Waals surface area contributed by atoms with Crippen molar-refractivity contribution in [3.8, 4) is 0 Å². The topological polar surface area (TPSA) is 47.6 Å². The Morgan fingerprint density at radius 1 is 0.800 bits per heavy atom. The van der Waals surface area contributed by atoms with E-state index in [0.717, 1.165) is 0 Å².